The van der Waals surface area contributed by atoms with Crippen molar-refractivity contribution in [2.24, 2.45) is 0 Å². The van der Waals surface area contributed by atoms with Gasteiger partial charge in [0.15, 0.2) is 0 Å². The van der Waals surface area contributed by atoms with Crippen molar-refractivity contribution in [1.29, 1.82) is 0 Å². The lowest BCUT2D eigenvalue weighted by atomic mass is 10.1. The van der Waals surface area contributed by atoms with E-state index in [2.05, 4.69) is 10.3 Å². The number of benzene rings is 1. The van der Waals surface area contributed by atoms with Crippen LogP contribution in [0.4, 0.5) is 10.7 Å². The van der Waals surface area contributed by atoms with E-state index in [9.17, 15) is 4.79 Å². The minimum absolute atomic E-state index is 0.142. The number of oxazole rings is 1. The van der Waals surface area contributed by atoms with Crippen LogP contribution >= 0.6 is 11.6 Å². The van der Waals surface area contributed by atoms with Gasteiger partial charge in [-0.3, -0.25) is 4.40 Å². The van der Waals surface area contributed by atoms with Gasteiger partial charge >= 0.3 is 11.9 Å². The normalized spacial score (nSPS) is 14.9. The number of amides is 1. The number of rotatable bonds is 4. The molecule has 0 spiro atoms. The van der Waals surface area contributed by atoms with E-state index in [0.717, 1.165) is 29.8 Å². The quantitative estimate of drug-likeness (QED) is 0.370. The molecule has 1 saturated heterocycles. The Balaban J connectivity index is 1.39. The van der Waals surface area contributed by atoms with Gasteiger partial charge in [0, 0.05) is 30.9 Å². The average Bonchev–Trinajstić information content (AvgIpc) is 3.38. The van der Waals surface area contributed by atoms with Crippen LogP contribution in [-0.4, -0.2) is 55.1 Å². The molecule has 36 heavy (non-hydrogen) atoms. The van der Waals surface area contributed by atoms with Crippen molar-refractivity contribution < 1.29 is 13.9 Å². The molecular weight excluding hydrogens is 480 g/mol. The number of anilines is 1. The second-order valence-corrected chi connectivity index (χ2v) is 10.3. The Morgan fingerprint density at radius 2 is 1.92 bits per heavy atom. The third-order valence-corrected chi connectivity index (χ3v) is 6.37. The fourth-order valence-electron chi connectivity index (χ4n) is 4.35. The Morgan fingerprint density at radius 3 is 2.64 bits per heavy atom. The Kier molecular flexibility index (Phi) is 6.34. The van der Waals surface area contributed by atoms with Crippen molar-refractivity contribution in [2.45, 2.75) is 52.2 Å². The molecule has 0 atom stereocenters. The van der Waals surface area contributed by atoms with Gasteiger partial charge in [-0.1, -0.05) is 29.8 Å². The van der Waals surface area contributed by atoms with Gasteiger partial charge in [0.1, 0.15) is 23.3 Å². The zero-order valence-corrected chi connectivity index (χ0v) is 21.5. The lowest BCUT2D eigenvalue weighted by molar-refractivity contribution is 0.0210. The molecular formula is C26H29ClN6O3. The number of aryl methyl sites for hydroxylation is 1. The van der Waals surface area contributed by atoms with E-state index in [1.165, 1.54) is 0 Å². The number of carbonyl (C=O) groups is 1. The third-order valence-electron chi connectivity index (χ3n) is 6.04. The van der Waals surface area contributed by atoms with Gasteiger partial charge in [-0.25, -0.2) is 14.8 Å². The maximum Gasteiger partial charge on any atom is 0.410 e. The number of hydrogen-bond acceptors (Lipinski definition) is 7. The highest BCUT2D eigenvalue weighted by Gasteiger charge is 2.28. The molecule has 0 aliphatic carbocycles. The molecule has 5 rings (SSSR count). The monoisotopic (exact) mass is 508 g/mol. The van der Waals surface area contributed by atoms with Crippen molar-refractivity contribution in [3.8, 4) is 22.6 Å². The molecule has 1 amide bonds. The molecule has 188 valence electrons. The zero-order valence-electron chi connectivity index (χ0n) is 20.8. The first kappa shape index (κ1) is 24.1. The maximum absolute atomic E-state index is 12.4. The number of piperidine rings is 1. The number of hydrogen-bond donors (Lipinski definition) is 1. The molecule has 10 heteroatoms. The summed E-state index contributed by atoms with van der Waals surface area (Å²) in [5.41, 5.74) is 3.37. The van der Waals surface area contributed by atoms with Crippen LogP contribution in [0.3, 0.4) is 0 Å². The molecule has 0 saturated carbocycles. The van der Waals surface area contributed by atoms with Gasteiger partial charge < -0.3 is 19.4 Å². The topological polar surface area (TPSA) is 97.8 Å². The fourth-order valence-corrected chi connectivity index (χ4v) is 4.57. The first-order valence-electron chi connectivity index (χ1n) is 12.0. The van der Waals surface area contributed by atoms with Gasteiger partial charge in [-0.2, -0.15) is 4.98 Å². The van der Waals surface area contributed by atoms with E-state index in [1.807, 2.05) is 62.4 Å². The molecule has 4 heterocycles. The van der Waals surface area contributed by atoms with Crippen LogP contribution in [0.1, 0.15) is 39.3 Å². The number of fused-ring (bicyclic) bond motifs is 1. The summed E-state index contributed by atoms with van der Waals surface area (Å²) in [5.74, 6) is 0.990. The smallest absolute Gasteiger partial charge is 0.410 e. The van der Waals surface area contributed by atoms with E-state index in [-0.39, 0.29) is 12.1 Å². The molecule has 3 aromatic heterocycles. The summed E-state index contributed by atoms with van der Waals surface area (Å²) in [6.45, 7) is 8.80. The van der Waals surface area contributed by atoms with Crippen molar-refractivity contribution in [1.82, 2.24) is 24.3 Å². The van der Waals surface area contributed by atoms with E-state index in [0.29, 0.717) is 41.3 Å². The zero-order chi connectivity index (χ0) is 25.4. The van der Waals surface area contributed by atoms with Crippen molar-refractivity contribution in [2.75, 3.05) is 18.4 Å². The molecule has 0 bridgehead atoms. The van der Waals surface area contributed by atoms with Gasteiger partial charge in [0.25, 0.3) is 0 Å². The van der Waals surface area contributed by atoms with Crippen LogP contribution in [0.15, 0.2) is 47.2 Å². The predicted molar refractivity (Wildman–Crippen MR) is 138 cm³/mol. The van der Waals surface area contributed by atoms with E-state index in [1.54, 1.807) is 17.4 Å². The second kappa shape index (κ2) is 9.46. The first-order chi connectivity index (χ1) is 17.2. The van der Waals surface area contributed by atoms with Crippen LogP contribution in [0, 0.1) is 6.92 Å². The number of imidazole rings is 1. The minimum Gasteiger partial charge on any atom is -0.444 e. The van der Waals surface area contributed by atoms with Crippen LogP contribution in [0.2, 0.25) is 5.02 Å². The molecule has 0 unspecified atom stereocenters. The Morgan fingerprint density at radius 1 is 1.17 bits per heavy atom. The number of aromatic nitrogens is 4. The highest BCUT2D eigenvalue weighted by atomic mass is 35.5. The number of ether oxygens (including phenoxy) is 1. The SMILES string of the molecule is Cc1coc2nc(-c3ccccc3Cl)c(-c3ccnc(NC4CCN(C(=O)OC(C)(C)C)CC4)n3)n12. The number of likely N-dealkylation sites (tertiary alicyclic amines) is 1. The van der Waals surface area contributed by atoms with Crippen LogP contribution < -0.4 is 5.32 Å². The van der Waals surface area contributed by atoms with Crippen LogP contribution in [-0.2, 0) is 4.74 Å². The lowest BCUT2D eigenvalue weighted by Crippen LogP contribution is -2.44. The third kappa shape index (κ3) is 4.88. The summed E-state index contributed by atoms with van der Waals surface area (Å²) in [5, 5.41) is 4.04. The predicted octanol–water partition coefficient (Wildman–Crippen LogP) is 5.82. The lowest BCUT2D eigenvalue weighted by Gasteiger charge is -2.33. The van der Waals surface area contributed by atoms with Crippen molar-refractivity contribution in [3.63, 3.8) is 0 Å². The first-order valence-corrected chi connectivity index (χ1v) is 12.4. The molecule has 1 aliphatic rings. The van der Waals surface area contributed by atoms with Crippen LogP contribution in [0.5, 0.6) is 0 Å². The van der Waals surface area contributed by atoms with Crippen LogP contribution in [0.25, 0.3) is 28.5 Å². The summed E-state index contributed by atoms with van der Waals surface area (Å²) in [6, 6.07) is 9.58. The summed E-state index contributed by atoms with van der Waals surface area (Å²) >= 11 is 6.52. The van der Waals surface area contributed by atoms with Gasteiger partial charge in [0.05, 0.1) is 16.4 Å². The molecule has 4 aromatic rings. The largest absolute Gasteiger partial charge is 0.444 e. The number of carbonyl (C=O) groups excluding carboxylic acids is 1. The maximum atomic E-state index is 12.4. The molecule has 1 N–H and O–H groups in total. The molecule has 1 aromatic carbocycles. The highest BCUT2D eigenvalue weighted by molar-refractivity contribution is 6.33. The molecule has 1 fully saturated rings. The van der Waals surface area contributed by atoms with Gasteiger partial charge in [-0.15, -0.1) is 0 Å². The fraction of sp³-hybridized carbons (Fsp3) is 0.385. The van der Waals surface area contributed by atoms with E-state index in [4.69, 9.17) is 30.7 Å². The number of nitrogens with zero attached hydrogens (tertiary/aromatic N) is 5. The number of halogens is 1. The Bertz CT molecular complexity index is 1400. The molecule has 0 radical (unpaired) electrons. The van der Waals surface area contributed by atoms with E-state index >= 15 is 0 Å². The summed E-state index contributed by atoms with van der Waals surface area (Å²) in [7, 11) is 0. The Labute approximate surface area is 214 Å². The second-order valence-electron chi connectivity index (χ2n) is 9.94. The molecule has 9 nitrogen and oxygen atoms in total. The highest BCUT2D eigenvalue weighted by Crippen LogP contribution is 2.36. The Hall–Kier alpha value is -3.59. The summed E-state index contributed by atoms with van der Waals surface area (Å²) in [6.07, 6.45) is 4.67. The van der Waals surface area contributed by atoms with Gasteiger partial charge in [-0.05, 0) is 52.7 Å². The number of nitrogens with one attached hydrogen (secondary N) is 1. The summed E-state index contributed by atoms with van der Waals surface area (Å²) < 4.78 is 13.1. The van der Waals surface area contributed by atoms with Gasteiger partial charge in [0.2, 0.25) is 5.95 Å². The van der Waals surface area contributed by atoms with Crippen molar-refractivity contribution >= 4 is 29.5 Å². The van der Waals surface area contributed by atoms with E-state index < -0.39 is 5.60 Å². The van der Waals surface area contributed by atoms with Crippen molar-refractivity contribution in [3.05, 3.63) is 53.5 Å². The average molecular weight is 509 g/mol. The standard InChI is InChI=1S/C26H29ClN6O3/c1-16-15-35-24-31-21(18-7-5-6-8-19(18)27)22(33(16)24)20-9-12-28-23(30-20)29-17-10-13-32(14-11-17)25(34)36-26(2,3)4/h5-9,12,15,17H,10-11,13-14H2,1-4H3,(H,28,29,30). The minimum atomic E-state index is -0.504. The summed E-state index contributed by atoms with van der Waals surface area (Å²) in [4.78, 5) is 28.1. The molecule has 1 aliphatic heterocycles.